The molecule has 2 unspecified atom stereocenters. The van der Waals surface area contributed by atoms with Crippen molar-refractivity contribution in [2.75, 3.05) is 13.7 Å². The molecule has 3 heterocycles. The van der Waals surface area contributed by atoms with Crippen LogP contribution in [0.4, 0.5) is 0 Å². The van der Waals surface area contributed by atoms with Gasteiger partial charge in [-0.1, -0.05) is 30.3 Å². The molecule has 0 radical (unpaired) electrons. The van der Waals surface area contributed by atoms with Crippen LogP contribution in [0, 0.1) is 11.8 Å². The molecule has 1 spiro atoms. The Hall–Kier alpha value is -2.45. The van der Waals surface area contributed by atoms with Gasteiger partial charge in [-0.2, -0.15) is 0 Å². The predicted octanol–water partition coefficient (Wildman–Crippen LogP) is 0.625. The number of hydrogen-bond donors (Lipinski definition) is 3. The molecular formula is C24H33N3O5. The van der Waals surface area contributed by atoms with Crippen LogP contribution in [0.5, 0.6) is 0 Å². The maximum atomic E-state index is 13.9. The summed E-state index contributed by atoms with van der Waals surface area (Å²) in [4.78, 5) is 41.8. The molecule has 3 amide bonds. The van der Waals surface area contributed by atoms with E-state index in [2.05, 4.69) is 10.6 Å². The number of aliphatic hydroxyl groups excluding tert-OH is 1. The zero-order valence-corrected chi connectivity index (χ0v) is 19.1. The van der Waals surface area contributed by atoms with Crippen molar-refractivity contribution in [1.29, 1.82) is 0 Å². The molecule has 32 heavy (non-hydrogen) atoms. The second-order valence-corrected chi connectivity index (χ2v) is 9.78. The number of rotatable bonds is 7. The second kappa shape index (κ2) is 8.15. The highest BCUT2D eigenvalue weighted by atomic mass is 16.5. The van der Waals surface area contributed by atoms with Gasteiger partial charge < -0.3 is 25.4 Å². The van der Waals surface area contributed by atoms with Gasteiger partial charge >= 0.3 is 0 Å². The van der Waals surface area contributed by atoms with E-state index >= 15 is 0 Å². The van der Waals surface area contributed by atoms with Gasteiger partial charge in [-0.05, 0) is 45.6 Å². The van der Waals surface area contributed by atoms with E-state index in [0.717, 1.165) is 5.56 Å². The number of aliphatic hydroxyl groups is 1. The maximum absolute atomic E-state index is 13.9. The molecule has 0 saturated carbocycles. The minimum absolute atomic E-state index is 0.125. The van der Waals surface area contributed by atoms with E-state index in [4.69, 9.17) is 4.74 Å². The van der Waals surface area contributed by atoms with Crippen molar-refractivity contribution in [2.24, 2.45) is 11.8 Å². The molecule has 3 aliphatic heterocycles. The van der Waals surface area contributed by atoms with Crippen molar-refractivity contribution < 1.29 is 24.2 Å². The van der Waals surface area contributed by atoms with Crippen LogP contribution in [0.3, 0.4) is 0 Å². The molecule has 2 bridgehead atoms. The molecule has 3 saturated heterocycles. The van der Waals surface area contributed by atoms with Crippen molar-refractivity contribution in [2.45, 2.75) is 69.4 Å². The van der Waals surface area contributed by atoms with Crippen LogP contribution >= 0.6 is 0 Å². The number of amides is 3. The van der Waals surface area contributed by atoms with E-state index in [1.165, 1.54) is 4.90 Å². The minimum Gasteiger partial charge on any atom is -0.394 e. The van der Waals surface area contributed by atoms with E-state index in [0.29, 0.717) is 19.3 Å². The molecule has 0 aliphatic carbocycles. The average Bonchev–Trinajstić information content (AvgIpc) is 3.32. The Balaban J connectivity index is 1.78. The van der Waals surface area contributed by atoms with Gasteiger partial charge in [0, 0.05) is 13.1 Å². The Morgan fingerprint density at radius 2 is 1.91 bits per heavy atom. The summed E-state index contributed by atoms with van der Waals surface area (Å²) in [5.74, 6) is -2.27. The summed E-state index contributed by atoms with van der Waals surface area (Å²) in [6.45, 7) is 5.30. The average molecular weight is 444 g/mol. The summed E-state index contributed by atoms with van der Waals surface area (Å²) in [6, 6.07) is 7.94. The first kappa shape index (κ1) is 22.7. The van der Waals surface area contributed by atoms with Gasteiger partial charge in [0.25, 0.3) is 0 Å². The fraction of sp³-hybridized carbons (Fsp3) is 0.625. The number of ether oxygens (including phenoxy) is 1. The maximum Gasteiger partial charge on any atom is 0.246 e. The van der Waals surface area contributed by atoms with Crippen molar-refractivity contribution >= 4 is 17.7 Å². The molecule has 4 rings (SSSR count). The molecule has 0 aromatic heterocycles. The molecule has 1 aromatic rings. The lowest BCUT2D eigenvalue weighted by Gasteiger charge is -2.37. The number of fused-ring (bicyclic) bond motifs is 1. The van der Waals surface area contributed by atoms with Crippen LogP contribution in [0.25, 0.3) is 0 Å². The van der Waals surface area contributed by atoms with E-state index in [1.54, 1.807) is 7.05 Å². The SMILES string of the molecule is CNC(=O)[C@@H]1[C@H]2C(=O)N([C@@H](CO)Cc3ccccc3)C(C(=O)NC(C)C)C23CC[C@@]1(C)O3. The van der Waals surface area contributed by atoms with Crippen LogP contribution in [0.2, 0.25) is 0 Å². The Labute approximate surface area is 188 Å². The van der Waals surface area contributed by atoms with Gasteiger partial charge in [0.1, 0.15) is 11.6 Å². The van der Waals surface area contributed by atoms with Crippen LogP contribution in [0.1, 0.15) is 39.2 Å². The quantitative estimate of drug-likeness (QED) is 0.573. The first-order chi connectivity index (χ1) is 15.2. The molecule has 8 nitrogen and oxygen atoms in total. The molecular weight excluding hydrogens is 410 g/mol. The summed E-state index contributed by atoms with van der Waals surface area (Å²) in [5.41, 5.74) is -0.916. The summed E-state index contributed by atoms with van der Waals surface area (Å²) < 4.78 is 6.50. The van der Waals surface area contributed by atoms with Gasteiger partial charge in [0.05, 0.1) is 30.1 Å². The first-order valence-electron chi connectivity index (χ1n) is 11.4. The van der Waals surface area contributed by atoms with Crippen LogP contribution in [0.15, 0.2) is 30.3 Å². The molecule has 3 aliphatic rings. The van der Waals surface area contributed by atoms with Gasteiger partial charge in [0.2, 0.25) is 17.7 Å². The third-order valence-corrected chi connectivity index (χ3v) is 7.34. The second-order valence-electron chi connectivity index (χ2n) is 9.78. The highest BCUT2D eigenvalue weighted by molar-refractivity contribution is 5.99. The third-order valence-electron chi connectivity index (χ3n) is 7.34. The molecule has 3 fully saturated rings. The Morgan fingerprint density at radius 1 is 1.22 bits per heavy atom. The lowest BCUT2D eigenvalue weighted by atomic mass is 9.66. The first-order valence-corrected chi connectivity index (χ1v) is 11.4. The monoisotopic (exact) mass is 443 g/mol. The number of benzene rings is 1. The molecule has 6 atom stereocenters. The number of carbonyl (C=O) groups is 3. The summed E-state index contributed by atoms with van der Waals surface area (Å²) in [6.07, 6.45) is 1.51. The van der Waals surface area contributed by atoms with Gasteiger partial charge in [0.15, 0.2) is 0 Å². The summed E-state index contributed by atoms with van der Waals surface area (Å²) in [5, 5.41) is 15.9. The fourth-order valence-electron chi connectivity index (χ4n) is 6.11. The lowest BCUT2D eigenvalue weighted by molar-refractivity contribution is -0.149. The van der Waals surface area contributed by atoms with Gasteiger partial charge in [-0.15, -0.1) is 0 Å². The van der Waals surface area contributed by atoms with E-state index in [-0.39, 0.29) is 30.4 Å². The Bertz CT molecular complexity index is 906. The van der Waals surface area contributed by atoms with Crippen LogP contribution in [-0.2, 0) is 25.5 Å². The van der Waals surface area contributed by atoms with Crippen molar-refractivity contribution in [1.82, 2.24) is 15.5 Å². The zero-order valence-electron chi connectivity index (χ0n) is 19.1. The normalized spacial score (nSPS) is 34.0. The highest BCUT2D eigenvalue weighted by Gasteiger charge is 2.78. The van der Waals surface area contributed by atoms with Gasteiger partial charge in [-0.25, -0.2) is 0 Å². The number of nitrogens with zero attached hydrogens (tertiary/aromatic N) is 1. The van der Waals surface area contributed by atoms with Crippen LogP contribution in [-0.4, -0.2) is 70.7 Å². The number of nitrogens with one attached hydrogen (secondary N) is 2. The van der Waals surface area contributed by atoms with Crippen molar-refractivity contribution in [3.8, 4) is 0 Å². The summed E-state index contributed by atoms with van der Waals surface area (Å²) >= 11 is 0. The Morgan fingerprint density at radius 3 is 2.50 bits per heavy atom. The van der Waals surface area contributed by atoms with Crippen molar-refractivity contribution in [3.63, 3.8) is 0 Å². The number of likely N-dealkylation sites (tertiary alicyclic amines) is 1. The largest absolute Gasteiger partial charge is 0.394 e. The molecule has 1 aromatic carbocycles. The zero-order chi connectivity index (χ0) is 23.3. The molecule has 3 N–H and O–H groups in total. The third kappa shape index (κ3) is 3.31. The van der Waals surface area contributed by atoms with E-state index in [9.17, 15) is 19.5 Å². The minimum atomic E-state index is -1.08. The Kier molecular flexibility index (Phi) is 5.79. The van der Waals surface area contributed by atoms with Crippen molar-refractivity contribution in [3.05, 3.63) is 35.9 Å². The highest BCUT2D eigenvalue weighted by Crippen LogP contribution is 2.63. The predicted molar refractivity (Wildman–Crippen MR) is 117 cm³/mol. The lowest BCUT2D eigenvalue weighted by Crippen LogP contribution is -2.59. The molecule has 174 valence electrons. The number of hydrogen-bond acceptors (Lipinski definition) is 5. The van der Waals surface area contributed by atoms with E-state index < -0.39 is 35.1 Å². The fourth-order valence-corrected chi connectivity index (χ4v) is 6.11. The smallest absolute Gasteiger partial charge is 0.246 e. The van der Waals surface area contributed by atoms with E-state index in [1.807, 2.05) is 51.1 Å². The topological polar surface area (TPSA) is 108 Å². The number of carbonyl (C=O) groups excluding carboxylic acids is 3. The standard InChI is InChI=1S/C24H33N3O5/c1-14(2)26-21(30)19-24-11-10-23(3,32-24)17(20(29)25-4)18(24)22(31)27(19)16(13-28)12-15-8-6-5-7-9-15/h5-9,14,16-19,28H,10-13H2,1-4H3,(H,25,29)(H,26,30)/t16-,17+,18+,19?,23-,24?/m1/s1. The van der Waals surface area contributed by atoms with Crippen LogP contribution < -0.4 is 10.6 Å². The van der Waals surface area contributed by atoms with Gasteiger partial charge in [-0.3, -0.25) is 14.4 Å². The summed E-state index contributed by atoms with van der Waals surface area (Å²) in [7, 11) is 1.55. The molecule has 8 heteroatoms.